The van der Waals surface area contributed by atoms with Gasteiger partial charge in [-0.2, -0.15) is 0 Å². The van der Waals surface area contributed by atoms with Gasteiger partial charge in [-0.15, -0.1) is 0 Å². The Morgan fingerprint density at radius 2 is 2.28 bits per heavy atom. The third-order valence-electron chi connectivity index (χ3n) is 2.72. The van der Waals surface area contributed by atoms with E-state index >= 15 is 0 Å². The van der Waals surface area contributed by atoms with Crippen molar-refractivity contribution in [1.29, 1.82) is 0 Å². The molecule has 6 heteroatoms. The number of rotatable bonds is 4. The normalized spacial score (nSPS) is 12.1. The van der Waals surface area contributed by atoms with Crippen molar-refractivity contribution in [1.82, 2.24) is 9.97 Å². The number of aromatic nitrogens is 2. The minimum atomic E-state index is -0.377. The Morgan fingerprint density at radius 1 is 1.50 bits per heavy atom. The number of hydrogen-bond acceptors (Lipinski definition) is 4. The highest BCUT2D eigenvalue weighted by Crippen LogP contribution is 2.24. The molecule has 94 valence electrons. The van der Waals surface area contributed by atoms with Crippen molar-refractivity contribution >= 4 is 11.4 Å². The quantitative estimate of drug-likeness (QED) is 0.641. The van der Waals surface area contributed by atoms with E-state index in [0.29, 0.717) is 11.3 Å². The second-order valence-electron chi connectivity index (χ2n) is 4.10. The molecule has 1 heterocycles. The van der Waals surface area contributed by atoms with Gasteiger partial charge < -0.3 is 10.3 Å². The van der Waals surface area contributed by atoms with E-state index in [1.165, 1.54) is 6.07 Å². The average Bonchev–Trinajstić information content (AvgIpc) is 2.85. The van der Waals surface area contributed by atoms with Crippen LogP contribution < -0.4 is 5.32 Å². The molecule has 1 atom stereocenters. The predicted molar refractivity (Wildman–Crippen MR) is 68.5 cm³/mol. The second kappa shape index (κ2) is 4.87. The number of anilines is 1. The van der Waals surface area contributed by atoms with Crippen LogP contribution in [-0.2, 0) is 0 Å². The molecule has 0 saturated heterocycles. The van der Waals surface area contributed by atoms with E-state index in [9.17, 15) is 10.1 Å². The van der Waals surface area contributed by atoms with Gasteiger partial charge in [-0.25, -0.2) is 4.98 Å². The molecule has 0 aliphatic heterocycles. The van der Waals surface area contributed by atoms with Gasteiger partial charge in [0.2, 0.25) is 0 Å². The molecule has 0 aliphatic carbocycles. The van der Waals surface area contributed by atoms with Crippen LogP contribution in [0.15, 0.2) is 30.6 Å². The summed E-state index contributed by atoms with van der Waals surface area (Å²) < 4.78 is 0. The number of hydrogen-bond donors (Lipinski definition) is 2. The fourth-order valence-electron chi connectivity index (χ4n) is 1.73. The van der Waals surface area contributed by atoms with Crippen LogP contribution >= 0.6 is 0 Å². The lowest BCUT2D eigenvalue weighted by molar-refractivity contribution is -0.385. The summed E-state index contributed by atoms with van der Waals surface area (Å²) in [6.07, 6.45) is 3.41. The summed E-state index contributed by atoms with van der Waals surface area (Å²) in [4.78, 5) is 17.6. The van der Waals surface area contributed by atoms with Gasteiger partial charge in [0.1, 0.15) is 5.82 Å². The van der Waals surface area contributed by atoms with Gasteiger partial charge in [0.15, 0.2) is 0 Å². The van der Waals surface area contributed by atoms with E-state index in [2.05, 4.69) is 15.3 Å². The molecule has 1 aromatic heterocycles. The molecule has 6 nitrogen and oxygen atoms in total. The summed E-state index contributed by atoms with van der Waals surface area (Å²) in [6, 6.07) is 5.05. The third-order valence-corrected chi connectivity index (χ3v) is 2.72. The SMILES string of the molecule is Cc1ccc(NC(C)c2ncc[nH]2)cc1[N+](=O)[O-]. The maximum atomic E-state index is 10.8. The van der Waals surface area contributed by atoms with Gasteiger partial charge in [0.25, 0.3) is 5.69 Å². The van der Waals surface area contributed by atoms with E-state index in [-0.39, 0.29) is 16.7 Å². The molecule has 2 aromatic rings. The molecule has 1 unspecified atom stereocenters. The van der Waals surface area contributed by atoms with E-state index < -0.39 is 0 Å². The maximum Gasteiger partial charge on any atom is 0.274 e. The second-order valence-corrected chi connectivity index (χ2v) is 4.10. The van der Waals surface area contributed by atoms with Gasteiger partial charge in [0.05, 0.1) is 11.0 Å². The highest BCUT2D eigenvalue weighted by Gasteiger charge is 2.13. The van der Waals surface area contributed by atoms with Crippen LogP contribution in [0.25, 0.3) is 0 Å². The highest BCUT2D eigenvalue weighted by atomic mass is 16.6. The lowest BCUT2D eigenvalue weighted by Crippen LogP contribution is -2.08. The standard InChI is InChI=1S/C12H14N4O2/c1-8-3-4-10(7-11(8)16(17)18)15-9(2)12-13-5-6-14-12/h3-7,9,15H,1-2H3,(H,13,14). The van der Waals surface area contributed by atoms with E-state index in [4.69, 9.17) is 0 Å². The lowest BCUT2D eigenvalue weighted by atomic mass is 10.1. The minimum absolute atomic E-state index is 0.0395. The first-order valence-corrected chi connectivity index (χ1v) is 5.59. The summed E-state index contributed by atoms with van der Waals surface area (Å²) in [7, 11) is 0. The Morgan fingerprint density at radius 3 is 2.89 bits per heavy atom. The number of aromatic amines is 1. The molecular weight excluding hydrogens is 232 g/mol. The van der Waals surface area contributed by atoms with Crippen LogP contribution in [0, 0.1) is 17.0 Å². The molecule has 0 spiro atoms. The molecule has 0 saturated carbocycles. The number of H-pyrrole nitrogens is 1. The molecule has 18 heavy (non-hydrogen) atoms. The smallest absolute Gasteiger partial charge is 0.274 e. The molecule has 1 aromatic carbocycles. The average molecular weight is 246 g/mol. The molecule has 0 fully saturated rings. The summed E-state index contributed by atoms with van der Waals surface area (Å²) >= 11 is 0. The number of aryl methyl sites for hydroxylation is 1. The Hall–Kier alpha value is -2.37. The molecule has 2 rings (SSSR count). The van der Waals surface area contributed by atoms with Gasteiger partial charge in [0, 0.05) is 29.7 Å². The number of nitrogens with one attached hydrogen (secondary N) is 2. The highest BCUT2D eigenvalue weighted by molar-refractivity contribution is 5.55. The molecular formula is C12H14N4O2. The Kier molecular flexibility index (Phi) is 3.27. The zero-order chi connectivity index (χ0) is 13.1. The van der Waals surface area contributed by atoms with Crippen LogP contribution in [-0.4, -0.2) is 14.9 Å². The molecule has 0 aliphatic rings. The van der Waals surface area contributed by atoms with Crippen LogP contribution in [0.2, 0.25) is 0 Å². The number of nitro groups is 1. The monoisotopic (exact) mass is 246 g/mol. The summed E-state index contributed by atoms with van der Waals surface area (Å²) in [5, 5.41) is 14.0. The lowest BCUT2D eigenvalue weighted by Gasteiger charge is -2.13. The van der Waals surface area contributed by atoms with E-state index in [1.807, 2.05) is 13.0 Å². The van der Waals surface area contributed by atoms with Crippen LogP contribution in [0.3, 0.4) is 0 Å². The number of imidazole rings is 1. The zero-order valence-corrected chi connectivity index (χ0v) is 10.2. The van der Waals surface area contributed by atoms with Crippen molar-refractivity contribution in [2.45, 2.75) is 19.9 Å². The number of benzene rings is 1. The molecule has 0 bridgehead atoms. The van der Waals surface area contributed by atoms with Gasteiger partial charge in [-0.1, -0.05) is 6.07 Å². The summed E-state index contributed by atoms with van der Waals surface area (Å²) in [6.45, 7) is 3.66. The Labute approximate surface area is 104 Å². The van der Waals surface area contributed by atoms with Crippen molar-refractivity contribution in [3.05, 3.63) is 52.1 Å². The zero-order valence-electron chi connectivity index (χ0n) is 10.2. The van der Waals surface area contributed by atoms with Crippen LogP contribution in [0.4, 0.5) is 11.4 Å². The van der Waals surface area contributed by atoms with E-state index in [0.717, 1.165) is 5.82 Å². The van der Waals surface area contributed by atoms with Crippen molar-refractivity contribution in [3.63, 3.8) is 0 Å². The van der Waals surface area contributed by atoms with Crippen molar-refractivity contribution in [2.24, 2.45) is 0 Å². The van der Waals surface area contributed by atoms with Crippen LogP contribution in [0.5, 0.6) is 0 Å². The first kappa shape index (κ1) is 12.1. The molecule has 0 radical (unpaired) electrons. The van der Waals surface area contributed by atoms with Crippen molar-refractivity contribution < 1.29 is 4.92 Å². The summed E-state index contributed by atoms with van der Waals surface area (Å²) in [5.74, 6) is 0.790. The summed E-state index contributed by atoms with van der Waals surface area (Å²) in [5.41, 5.74) is 1.47. The number of nitro benzene ring substituents is 1. The molecule has 0 amide bonds. The fourth-order valence-corrected chi connectivity index (χ4v) is 1.73. The topological polar surface area (TPSA) is 83.8 Å². The number of nitrogens with zero attached hydrogens (tertiary/aromatic N) is 2. The molecule has 2 N–H and O–H groups in total. The largest absolute Gasteiger partial charge is 0.375 e. The first-order valence-electron chi connectivity index (χ1n) is 5.59. The van der Waals surface area contributed by atoms with Crippen LogP contribution in [0.1, 0.15) is 24.4 Å². The van der Waals surface area contributed by atoms with Gasteiger partial charge in [-0.05, 0) is 19.9 Å². The first-order chi connectivity index (χ1) is 8.58. The van der Waals surface area contributed by atoms with Crippen molar-refractivity contribution in [2.75, 3.05) is 5.32 Å². The Balaban J connectivity index is 2.20. The Bertz CT molecular complexity index is 551. The predicted octanol–water partition coefficient (Wildman–Crippen LogP) is 2.80. The van der Waals surface area contributed by atoms with Crippen molar-refractivity contribution in [3.8, 4) is 0 Å². The minimum Gasteiger partial charge on any atom is -0.375 e. The van der Waals surface area contributed by atoms with Gasteiger partial charge >= 0.3 is 0 Å². The third kappa shape index (κ3) is 2.48. The van der Waals surface area contributed by atoms with Gasteiger partial charge in [-0.3, -0.25) is 10.1 Å². The van der Waals surface area contributed by atoms with E-state index in [1.54, 1.807) is 25.4 Å². The maximum absolute atomic E-state index is 10.8. The fraction of sp³-hybridized carbons (Fsp3) is 0.250.